The molecule has 8 nitrogen and oxygen atoms in total. The van der Waals surface area contributed by atoms with E-state index in [0.717, 1.165) is 66.4 Å². The first kappa shape index (κ1) is 22.7. The number of oxime groups is 1. The molecule has 0 saturated carbocycles. The summed E-state index contributed by atoms with van der Waals surface area (Å²) in [5, 5.41) is 21.2. The van der Waals surface area contributed by atoms with E-state index < -0.39 is 11.6 Å². The van der Waals surface area contributed by atoms with Crippen molar-refractivity contribution in [2.75, 3.05) is 28.6 Å². The van der Waals surface area contributed by atoms with Crippen LogP contribution in [0, 0.1) is 0 Å². The number of carboxylic acids is 1. The van der Waals surface area contributed by atoms with Crippen LogP contribution in [0.1, 0.15) is 47.7 Å². The van der Waals surface area contributed by atoms with Crippen molar-refractivity contribution in [1.82, 2.24) is 4.98 Å². The molecule has 1 unspecified atom stereocenters. The third-order valence-electron chi connectivity index (χ3n) is 7.38. The van der Waals surface area contributed by atoms with Crippen LogP contribution < -0.4 is 15.5 Å². The van der Waals surface area contributed by atoms with Gasteiger partial charge in [0.1, 0.15) is 17.1 Å². The highest BCUT2D eigenvalue weighted by Gasteiger charge is 2.42. The van der Waals surface area contributed by atoms with Crippen LogP contribution in [-0.4, -0.2) is 40.5 Å². The molecule has 1 atom stereocenters. The molecule has 184 valence electrons. The monoisotopic (exact) mass is 503 g/mol. The van der Waals surface area contributed by atoms with Crippen LogP contribution in [-0.2, 0) is 10.5 Å². The van der Waals surface area contributed by atoms with Crippen LogP contribution in [0.5, 0.6) is 0 Å². The Bertz CT molecular complexity index is 1350. The molecule has 3 aliphatic rings. The normalized spacial score (nSPS) is 21.8. The number of benzene rings is 2. The number of carbonyl (C=O) groups is 1. The maximum absolute atomic E-state index is 11.1. The van der Waals surface area contributed by atoms with Crippen LogP contribution in [0.15, 0.2) is 65.9 Å². The smallest absolute Gasteiger partial charge is 0.335 e. The van der Waals surface area contributed by atoms with E-state index in [1.165, 1.54) is 0 Å². The Kier molecular flexibility index (Phi) is 5.30. The Hall–Kier alpha value is -3.78. The standard InChI is InChI=1S/C27H26ClN5O3/c1-26(30-21-8-7-20(28)14-22(21)31-26)19-6-9-24(29-16-19)33-12-10-27(11-13-33)15-23(32-36-27)17-2-4-18(5-3-17)25(34)35/h2-9,14,16,30-31H,10-13,15H2,1H3,(H,34,35). The van der Waals surface area contributed by atoms with Gasteiger partial charge in [0.2, 0.25) is 0 Å². The fourth-order valence-corrected chi connectivity index (χ4v) is 5.38. The summed E-state index contributed by atoms with van der Waals surface area (Å²) in [5.74, 6) is 0.00989. The topological polar surface area (TPSA) is 99.1 Å². The zero-order valence-corrected chi connectivity index (χ0v) is 20.5. The van der Waals surface area contributed by atoms with Gasteiger partial charge in [-0.2, -0.15) is 0 Å². The van der Waals surface area contributed by atoms with Gasteiger partial charge in [-0.3, -0.25) is 0 Å². The third kappa shape index (κ3) is 4.01. The van der Waals surface area contributed by atoms with Gasteiger partial charge in [0.05, 0.1) is 22.6 Å². The number of hydrogen-bond acceptors (Lipinski definition) is 7. The van der Waals surface area contributed by atoms with Crippen LogP contribution in [0.25, 0.3) is 0 Å². The minimum atomic E-state index is -0.934. The van der Waals surface area contributed by atoms with Gasteiger partial charge in [0, 0.05) is 49.1 Å². The summed E-state index contributed by atoms with van der Waals surface area (Å²) in [4.78, 5) is 24.1. The molecule has 0 amide bonds. The van der Waals surface area contributed by atoms with E-state index in [0.29, 0.717) is 5.02 Å². The molecule has 1 spiro atoms. The number of halogens is 1. The molecule has 1 aromatic heterocycles. The van der Waals surface area contributed by atoms with Crippen molar-refractivity contribution in [2.24, 2.45) is 5.16 Å². The van der Waals surface area contributed by atoms with E-state index in [9.17, 15) is 4.79 Å². The third-order valence-corrected chi connectivity index (χ3v) is 7.61. The predicted octanol–water partition coefficient (Wildman–Crippen LogP) is 5.31. The Labute approximate surface area is 213 Å². The van der Waals surface area contributed by atoms with E-state index in [1.807, 2.05) is 24.4 Å². The lowest BCUT2D eigenvalue weighted by molar-refractivity contribution is -0.0360. The average molecular weight is 504 g/mol. The van der Waals surface area contributed by atoms with Gasteiger partial charge in [-0.05, 0) is 55.0 Å². The Morgan fingerprint density at radius 2 is 1.81 bits per heavy atom. The Balaban J connectivity index is 1.08. The van der Waals surface area contributed by atoms with Crippen molar-refractivity contribution in [3.05, 3.63) is 82.5 Å². The molecule has 4 heterocycles. The average Bonchev–Trinajstić information content (AvgIpc) is 3.45. The van der Waals surface area contributed by atoms with Crippen molar-refractivity contribution in [3.63, 3.8) is 0 Å². The molecule has 3 aliphatic heterocycles. The molecule has 0 aliphatic carbocycles. The SMILES string of the molecule is CC1(c2ccc(N3CCC4(CC3)CC(c3ccc(C(=O)O)cc3)=NO4)nc2)Nc2ccc(Cl)cc2N1. The molecule has 1 fully saturated rings. The van der Waals surface area contributed by atoms with Crippen molar-refractivity contribution < 1.29 is 14.7 Å². The first-order valence-corrected chi connectivity index (χ1v) is 12.4. The number of hydrogen-bond donors (Lipinski definition) is 3. The summed E-state index contributed by atoms with van der Waals surface area (Å²) in [7, 11) is 0. The largest absolute Gasteiger partial charge is 0.478 e. The Morgan fingerprint density at radius 1 is 1.06 bits per heavy atom. The maximum Gasteiger partial charge on any atom is 0.335 e. The number of carboxylic acid groups (broad SMARTS) is 1. The van der Waals surface area contributed by atoms with Crippen LogP contribution in [0.3, 0.4) is 0 Å². The molecular weight excluding hydrogens is 478 g/mol. The lowest BCUT2D eigenvalue weighted by Crippen LogP contribution is -2.45. The van der Waals surface area contributed by atoms with Crippen molar-refractivity contribution >= 4 is 40.5 Å². The van der Waals surface area contributed by atoms with E-state index in [1.54, 1.807) is 24.3 Å². The van der Waals surface area contributed by atoms with Crippen molar-refractivity contribution in [3.8, 4) is 0 Å². The number of nitrogens with one attached hydrogen (secondary N) is 2. The highest BCUT2D eigenvalue weighted by atomic mass is 35.5. The maximum atomic E-state index is 11.1. The van der Waals surface area contributed by atoms with Crippen LogP contribution >= 0.6 is 11.6 Å². The lowest BCUT2D eigenvalue weighted by Gasteiger charge is -2.38. The summed E-state index contributed by atoms with van der Waals surface area (Å²) < 4.78 is 0. The summed E-state index contributed by atoms with van der Waals surface area (Å²) >= 11 is 6.15. The van der Waals surface area contributed by atoms with E-state index in [2.05, 4.69) is 39.7 Å². The quantitative estimate of drug-likeness (QED) is 0.444. The molecule has 9 heteroatoms. The van der Waals surface area contributed by atoms with Crippen LogP contribution in [0.2, 0.25) is 5.02 Å². The van der Waals surface area contributed by atoms with E-state index in [-0.39, 0.29) is 11.2 Å². The molecule has 36 heavy (non-hydrogen) atoms. The summed E-state index contributed by atoms with van der Waals surface area (Å²) in [6.07, 6.45) is 4.32. The minimum absolute atomic E-state index is 0.266. The van der Waals surface area contributed by atoms with E-state index in [4.69, 9.17) is 26.5 Å². The zero-order chi connectivity index (χ0) is 24.9. The van der Waals surface area contributed by atoms with Gasteiger partial charge in [-0.25, -0.2) is 9.78 Å². The fraction of sp³-hybridized carbons (Fsp3) is 0.296. The van der Waals surface area contributed by atoms with Gasteiger partial charge < -0.3 is 25.5 Å². The second-order valence-corrected chi connectivity index (χ2v) is 10.3. The minimum Gasteiger partial charge on any atom is -0.478 e. The van der Waals surface area contributed by atoms with Crippen LogP contribution in [0.4, 0.5) is 17.2 Å². The zero-order valence-electron chi connectivity index (χ0n) is 19.8. The second-order valence-electron chi connectivity index (χ2n) is 9.83. The first-order valence-electron chi connectivity index (χ1n) is 12.0. The molecule has 6 rings (SSSR count). The molecule has 3 N–H and O–H groups in total. The summed E-state index contributed by atoms with van der Waals surface area (Å²) in [6.45, 7) is 3.74. The molecule has 2 aromatic carbocycles. The highest BCUT2D eigenvalue weighted by Crippen LogP contribution is 2.41. The number of pyridine rings is 1. The summed E-state index contributed by atoms with van der Waals surface area (Å²) in [6, 6.07) is 16.8. The summed E-state index contributed by atoms with van der Waals surface area (Å²) in [5.41, 5.74) is 4.31. The van der Waals surface area contributed by atoms with Gasteiger partial charge >= 0.3 is 5.97 Å². The van der Waals surface area contributed by atoms with Gasteiger partial charge in [0.15, 0.2) is 0 Å². The number of rotatable bonds is 4. The van der Waals surface area contributed by atoms with Gasteiger partial charge in [-0.1, -0.05) is 28.9 Å². The molecule has 3 aromatic rings. The highest BCUT2D eigenvalue weighted by molar-refractivity contribution is 6.31. The fourth-order valence-electron chi connectivity index (χ4n) is 5.21. The number of aromatic nitrogens is 1. The molecular formula is C27H26ClN5O3. The van der Waals surface area contributed by atoms with Gasteiger partial charge in [-0.15, -0.1) is 0 Å². The molecule has 0 bridgehead atoms. The first-order chi connectivity index (χ1) is 17.3. The molecule has 1 saturated heterocycles. The number of nitrogens with zero attached hydrogens (tertiary/aromatic N) is 3. The number of anilines is 3. The lowest BCUT2D eigenvalue weighted by atomic mass is 9.85. The van der Waals surface area contributed by atoms with E-state index >= 15 is 0 Å². The number of aromatic carboxylic acids is 1. The van der Waals surface area contributed by atoms with Gasteiger partial charge in [0.25, 0.3) is 0 Å². The van der Waals surface area contributed by atoms with Crippen molar-refractivity contribution in [2.45, 2.75) is 37.5 Å². The number of fused-ring (bicyclic) bond motifs is 1. The molecule has 0 radical (unpaired) electrons. The second kappa shape index (κ2) is 8.41. The predicted molar refractivity (Wildman–Crippen MR) is 140 cm³/mol. The van der Waals surface area contributed by atoms with Crippen molar-refractivity contribution in [1.29, 1.82) is 0 Å². The number of piperidine rings is 1. The Morgan fingerprint density at radius 3 is 2.50 bits per heavy atom.